The highest BCUT2D eigenvalue weighted by Gasteiger charge is 2.11. The molecule has 5 heteroatoms. The fourth-order valence-corrected chi connectivity index (χ4v) is 0.786. The van der Waals surface area contributed by atoms with Gasteiger partial charge >= 0.3 is 6.95 Å². The maximum absolute atomic E-state index is 10.2. The molecule has 9 heavy (non-hydrogen) atoms. The summed E-state index contributed by atoms with van der Waals surface area (Å²) < 4.78 is 14.4. The molecule has 0 aliphatic carbocycles. The van der Waals surface area contributed by atoms with Crippen LogP contribution in [-0.4, -0.2) is 11.5 Å². The van der Waals surface area contributed by atoms with Gasteiger partial charge < -0.3 is 4.89 Å². The van der Waals surface area contributed by atoms with Crippen LogP contribution in [0.5, 0.6) is 0 Å². The molecule has 3 nitrogen and oxygen atoms in total. The maximum atomic E-state index is 10.2. The number of hydrogen-bond donors (Lipinski definition) is 1. The molecule has 0 aliphatic rings. The average Bonchev–Trinajstić information content (AvgIpc) is 1.63. The van der Waals surface area contributed by atoms with E-state index in [9.17, 15) is 4.57 Å². The molecule has 0 fully saturated rings. The van der Waals surface area contributed by atoms with Gasteiger partial charge in [0, 0.05) is 11.2 Å². The van der Waals surface area contributed by atoms with Gasteiger partial charge in [0.1, 0.15) is 0 Å². The molecular weight excluding hydrogens is 162 g/mol. The largest absolute Gasteiger partial charge is 0.421 e. The van der Waals surface area contributed by atoms with Crippen LogP contribution in [-0.2, 0) is 9.09 Å². The van der Waals surface area contributed by atoms with Crippen molar-refractivity contribution >= 4 is 18.2 Å². The Hall–Kier alpha value is 0.180. The minimum atomic E-state index is -3.77. The fraction of sp³-hybridized carbons (Fsp3) is 0.500. The minimum Gasteiger partial charge on any atom is -0.313 e. The molecule has 0 aliphatic heterocycles. The average molecular weight is 171 g/mol. The number of halogens is 1. The van der Waals surface area contributed by atoms with Crippen LogP contribution in [0.15, 0.2) is 12.7 Å². The second-order valence-corrected chi connectivity index (χ2v) is 3.80. The summed E-state index contributed by atoms with van der Waals surface area (Å²) in [6.07, 6.45) is 2.10. The first-order chi connectivity index (χ1) is 4.06. The predicted octanol–water partition coefficient (Wildman–Crippen LogP) is 1.92. The fourth-order valence-electron chi connectivity index (χ4n) is 0.249. The van der Waals surface area contributed by atoms with Crippen molar-refractivity contribution in [2.45, 2.75) is 6.42 Å². The van der Waals surface area contributed by atoms with Crippen LogP contribution in [0.1, 0.15) is 6.42 Å². The van der Waals surface area contributed by atoms with E-state index < -0.39 is 6.95 Å². The van der Waals surface area contributed by atoms with Gasteiger partial charge in [-0.05, 0) is 6.42 Å². The highest BCUT2D eigenvalue weighted by atomic mass is 35.7. The van der Waals surface area contributed by atoms with Crippen molar-refractivity contribution in [2.75, 3.05) is 6.61 Å². The van der Waals surface area contributed by atoms with Crippen molar-refractivity contribution in [1.29, 1.82) is 0 Å². The molecule has 0 aromatic carbocycles. The quantitative estimate of drug-likeness (QED) is 0.398. The highest BCUT2D eigenvalue weighted by molar-refractivity contribution is 7.80. The van der Waals surface area contributed by atoms with E-state index in [1.165, 1.54) is 0 Å². The van der Waals surface area contributed by atoms with Crippen LogP contribution >= 0.6 is 18.2 Å². The van der Waals surface area contributed by atoms with Crippen molar-refractivity contribution in [3.63, 3.8) is 0 Å². The summed E-state index contributed by atoms with van der Waals surface area (Å²) in [5, 5.41) is 0. The van der Waals surface area contributed by atoms with Gasteiger partial charge in [0.2, 0.25) is 0 Å². The maximum Gasteiger partial charge on any atom is 0.421 e. The normalized spacial score (nSPS) is 16.7. The molecule has 0 bridgehead atoms. The summed E-state index contributed by atoms with van der Waals surface area (Å²) in [7, 11) is 0. The Kier molecular flexibility index (Phi) is 4.15. The van der Waals surface area contributed by atoms with Crippen molar-refractivity contribution in [3.05, 3.63) is 12.7 Å². The summed E-state index contributed by atoms with van der Waals surface area (Å²) in [4.78, 5) is 8.31. The van der Waals surface area contributed by atoms with Gasteiger partial charge in [-0.15, -0.1) is 6.58 Å². The predicted molar refractivity (Wildman–Crippen MR) is 36.4 cm³/mol. The third-order valence-electron chi connectivity index (χ3n) is 0.572. The van der Waals surface area contributed by atoms with E-state index in [0.717, 1.165) is 0 Å². The summed E-state index contributed by atoms with van der Waals surface area (Å²) in [6.45, 7) is -0.245. The standard InChI is InChI=1S/C4H8ClO3P/c1-2-3-4-8-9(5,6)7/h2H,1,3-4H2,(H,6,7). The molecule has 0 heterocycles. The summed E-state index contributed by atoms with van der Waals surface area (Å²) in [6, 6.07) is 0. The van der Waals surface area contributed by atoms with Crippen LogP contribution in [0.25, 0.3) is 0 Å². The monoisotopic (exact) mass is 170 g/mol. The first-order valence-corrected chi connectivity index (χ1v) is 4.82. The molecular formula is C4H8ClO3P. The molecule has 0 aromatic rings. The van der Waals surface area contributed by atoms with Gasteiger partial charge in [0.25, 0.3) is 0 Å². The smallest absolute Gasteiger partial charge is 0.313 e. The molecule has 0 radical (unpaired) electrons. The Balaban J connectivity index is 3.28. The first kappa shape index (κ1) is 9.18. The summed E-state index contributed by atoms with van der Waals surface area (Å²) in [5.41, 5.74) is 0. The van der Waals surface area contributed by atoms with Gasteiger partial charge in [-0.2, -0.15) is 0 Å². The van der Waals surface area contributed by atoms with Gasteiger partial charge in [-0.1, -0.05) is 6.08 Å². The molecule has 1 N–H and O–H groups in total. The Labute approximate surface area is 58.6 Å². The zero-order valence-corrected chi connectivity index (χ0v) is 6.44. The van der Waals surface area contributed by atoms with E-state index in [4.69, 9.17) is 16.1 Å². The van der Waals surface area contributed by atoms with Crippen LogP contribution in [0.4, 0.5) is 0 Å². The van der Waals surface area contributed by atoms with E-state index >= 15 is 0 Å². The van der Waals surface area contributed by atoms with Gasteiger partial charge in [-0.25, -0.2) is 4.57 Å². The Bertz CT molecular complexity index is 130. The lowest BCUT2D eigenvalue weighted by Gasteiger charge is -2.00. The molecule has 0 spiro atoms. The lowest BCUT2D eigenvalue weighted by Crippen LogP contribution is -1.85. The SMILES string of the molecule is C=CCCOP(=O)(O)Cl. The molecule has 0 saturated heterocycles. The highest BCUT2D eigenvalue weighted by Crippen LogP contribution is 2.47. The number of rotatable bonds is 4. The number of hydrogen-bond acceptors (Lipinski definition) is 2. The Morgan fingerprint density at radius 3 is 2.78 bits per heavy atom. The second-order valence-electron chi connectivity index (χ2n) is 1.36. The summed E-state index contributed by atoms with van der Waals surface area (Å²) >= 11 is 4.82. The van der Waals surface area contributed by atoms with Crippen LogP contribution < -0.4 is 0 Å². The molecule has 0 rings (SSSR count). The lowest BCUT2D eigenvalue weighted by atomic mass is 10.5. The van der Waals surface area contributed by atoms with Crippen molar-refractivity contribution in [2.24, 2.45) is 0 Å². The Morgan fingerprint density at radius 2 is 2.44 bits per heavy atom. The van der Waals surface area contributed by atoms with E-state index in [2.05, 4.69) is 11.1 Å². The third kappa shape index (κ3) is 8.18. The van der Waals surface area contributed by atoms with Crippen molar-refractivity contribution in [1.82, 2.24) is 0 Å². The molecule has 0 aromatic heterocycles. The first-order valence-electron chi connectivity index (χ1n) is 2.34. The Morgan fingerprint density at radius 1 is 1.89 bits per heavy atom. The van der Waals surface area contributed by atoms with Crippen molar-refractivity contribution < 1.29 is 14.0 Å². The molecule has 54 valence electrons. The van der Waals surface area contributed by atoms with E-state index in [-0.39, 0.29) is 6.61 Å². The van der Waals surface area contributed by atoms with Crippen molar-refractivity contribution in [3.8, 4) is 0 Å². The molecule has 1 atom stereocenters. The molecule has 0 amide bonds. The zero-order valence-electron chi connectivity index (χ0n) is 4.79. The minimum absolute atomic E-state index is 0.140. The van der Waals surface area contributed by atoms with E-state index in [1.807, 2.05) is 0 Å². The van der Waals surface area contributed by atoms with Gasteiger partial charge in [-0.3, -0.25) is 4.52 Å². The van der Waals surface area contributed by atoms with Gasteiger partial charge in [0.15, 0.2) is 0 Å². The van der Waals surface area contributed by atoms with Crippen LogP contribution in [0, 0.1) is 0 Å². The summed E-state index contributed by atoms with van der Waals surface area (Å²) in [5.74, 6) is 0. The van der Waals surface area contributed by atoms with Crippen LogP contribution in [0.3, 0.4) is 0 Å². The lowest BCUT2D eigenvalue weighted by molar-refractivity contribution is 0.280. The third-order valence-corrected chi connectivity index (χ3v) is 1.37. The molecule has 0 saturated carbocycles. The van der Waals surface area contributed by atoms with Gasteiger partial charge in [0.05, 0.1) is 6.61 Å². The van der Waals surface area contributed by atoms with E-state index in [1.54, 1.807) is 6.08 Å². The zero-order chi connectivity index (χ0) is 7.33. The topological polar surface area (TPSA) is 46.5 Å². The second kappa shape index (κ2) is 4.07. The van der Waals surface area contributed by atoms with Crippen LogP contribution in [0.2, 0.25) is 0 Å². The van der Waals surface area contributed by atoms with E-state index in [0.29, 0.717) is 6.42 Å². The molecule has 1 unspecified atom stereocenters.